The molecule has 0 atom stereocenters. The number of nitrogens with zero attached hydrogens (tertiary/aromatic N) is 6. The maximum absolute atomic E-state index is 15.0. The smallest absolute Gasteiger partial charge is 0.237 e. The van der Waals surface area contributed by atoms with E-state index in [1.165, 1.54) is 6.07 Å². The van der Waals surface area contributed by atoms with Crippen molar-refractivity contribution in [2.45, 2.75) is 37.9 Å². The zero-order valence-corrected chi connectivity index (χ0v) is 19.3. The van der Waals surface area contributed by atoms with E-state index in [0.29, 0.717) is 16.4 Å². The standard InChI is InChI=1S/C22H23F2N7OS/c1-12(2)31-17-7-13(6-15(23)21(17)33-11-19(31)32)20-16(24)9-25-22(27-20)26-18-8-14-10-29(3)4-5-30(14)28-18/h6-9,12H,4-5,10-11H2,1-3H3,(H,25,26,27,28). The molecule has 0 radical (unpaired) electrons. The van der Waals surface area contributed by atoms with Gasteiger partial charge in [0.05, 0.1) is 34.8 Å². The maximum atomic E-state index is 15.0. The molecular weight excluding hydrogens is 448 g/mol. The minimum Gasteiger partial charge on any atom is -0.308 e. The molecule has 5 rings (SSSR count). The van der Waals surface area contributed by atoms with Crippen molar-refractivity contribution >= 4 is 35.1 Å². The first-order chi connectivity index (χ1) is 15.8. The summed E-state index contributed by atoms with van der Waals surface area (Å²) in [6.45, 7) is 6.18. The van der Waals surface area contributed by atoms with E-state index in [1.807, 2.05) is 31.6 Å². The van der Waals surface area contributed by atoms with Crippen LogP contribution in [0.15, 0.2) is 29.3 Å². The fourth-order valence-corrected chi connectivity index (χ4v) is 5.05. The van der Waals surface area contributed by atoms with Gasteiger partial charge in [0.1, 0.15) is 11.5 Å². The van der Waals surface area contributed by atoms with Gasteiger partial charge in [-0.2, -0.15) is 5.10 Å². The third-order valence-electron chi connectivity index (χ3n) is 5.65. The Balaban J connectivity index is 1.50. The molecule has 172 valence electrons. The molecule has 1 N–H and O–H groups in total. The molecule has 0 unspecified atom stereocenters. The van der Waals surface area contributed by atoms with Crippen LogP contribution in [-0.4, -0.2) is 55.9 Å². The molecule has 4 heterocycles. The van der Waals surface area contributed by atoms with Crippen molar-refractivity contribution in [3.05, 3.63) is 41.7 Å². The third kappa shape index (κ3) is 4.06. The number of likely N-dealkylation sites (N-methyl/N-ethyl adjacent to an activating group) is 1. The largest absolute Gasteiger partial charge is 0.308 e. The fourth-order valence-electron chi connectivity index (χ4n) is 4.14. The molecule has 0 saturated heterocycles. The van der Waals surface area contributed by atoms with E-state index in [4.69, 9.17) is 0 Å². The Morgan fingerprint density at radius 1 is 1.15 bits per heavy atom. The van der Waals surface area contributed by atoms with E-state index in [9.17, 15) is 13.6 Å². The van der Waals surface area contributed by atoms with Gasteiger partial charge >= 0.3 is 0 Å². The monoisotopic (exact) mass is 471 g/mol. The zero-order chi connectivity index (χ0) is 23.3. The number of benzene rings is 1. The van der Waals surface area contributed by atoms with Gasteiger partial charge in [0.15, 0.2) is 11.6 Å². The minimum absolute atomic E-state index is 0.0513. The Bertz CT molecular complexity index is 1250. The molecule has 1 amide bonds. The van der Waals surface area contributed by atoms with Crippen molar-refractivity contribution in [3.8, 4) is 11.3 Å². The number of carbonyl (C=O) groups excluding carboxylic acids is 1. The zero-order valence-electron chi connectivity index (χ0n) is 18.5. The maximum Gasteiger partial charge on any atom is 0.237 e. The molecule has 0 spiro atoms. The Kier molecular flexibility index (Phi) is 5.53. The highest BCUT2D eigenvalue weighted by molar-refractivity contribution is 8.00. The minimum atomic E-state index is -0.684. The molecule has 33 heavy (non-hydrogen) atoms. The van der Waals surface area contributed by atoms with Crippen LogP contribution >= 0.6 is 11.8 Å². The number of hydrogen-bond acceptors (Lipinski definition) is 7. The van der Waals surface area contributed by atoms with Crippen LogP contribution in [-0.2, 0) is 17.9 Å². The van der Waals surface area contributed by atoms with Crippen LogP contribution in [0.2, 0.25) is 0 Å². The van der Waals surface area contributed by atoms with Crippen LogP contribution in [0, 0.1) is 11.6 Å². The average Bonchev–Trinajstić information content (AvgIpc) is 3.15. The number of rotatable bonds is 4. The van der Waals surface area contributed by atoms with Gasteiger partial charge in [0.25, 0.3) is 0 Å². The van der Waals surface area contributed by atoms with Crippen LogP contribution in [0.5, 0.6) is 0 Å². The summed E-state index contributed by atoms with van der Waals surface area (Å²) in [4.78, 5) is 24.9. The molecular formula is C22H23F2N7OS. The average molecular weight is 472 g/mol. The highest BCUT2D eigenvalue weighted by atomic mass is 32.2. The molecule has 2 aliphatic rings. The molecule has 2 aromatic heterocycles. The van der Waals surface area contributed by atoms with Gasteiger partial charge < -0.3 is 10.2 Å². The number of hydrogen-bond donors (Lipinski definition) is 1. The second-order valence-electron chi connectivity index (χ2n) is 8.45. The highest BCUT2D eigenvalue weighted by Crippen LogP contribution is 2.41. The van der Waals surface area contributed by atoms with Gasteiger partial charge in [0.2, 0.25) is 11.9 Å². The first-order valence-corrected chi connectivity index (χ1v) is 11.6. The second-order valence-corrected chi connectivity index (χ2v) is 9.44. The summed E-state index contributed by atoms with van der Waals surface area (Å²) in [6.07, 6.45) is 1.05. The summed E-state index contributed by atoms with van der Waals surface area (Å²) in [5, 5.41) is 7.54. The molecule has 0 fully saturated rings. The molecule has 3 aromatic rings. The fraction of sp³-hybridized carbons (Fsp3) is 0.364. The van der Waals surface area contributed by atoms with E-state index < -0.39 is 11.6 Å². The number of aromatic nitrogens is 4. The number of fused-ring (bicyclic) bond motifs is 2. The highest BCUT2D eigenvalue weighted by Gasteiger charge is 2.30. The van der Waals surface area contributed by atoms with Crippen LogP contribution in [0.4, 0.5) is 26.2 Å². The van der Waals surface area contributed by atoms with Crippen LogP contribution in [0.3, 0.4) is 0 Å². The lowest BCUT2D eigenvalue weighted by molar-refractivity contribution is -0.116. The first-order valence-electron chi connectivity index (χ1n) is 10.6. The van der Waals surface area contributed by atoms with Gasteiger partial charge in [-0.25, -0.2) is 18.7 Å². The van der Waals surface area contributed by atoms with Gasteiger partial charge in [-0.3, -0.25) is 14.4 Å². The summed E-state index contributed by atoms with van der Waals surface area (Å²) in [5.41, 5.74) is 1.67. The molecule has 11 heteroatoms. The number of thioether (sulfide) groups is 1. The lowest BCUT2D eigenvalue weighted by atomic mass is 10.1. The summed E-state index contributed by atoms with van der Waals surface area (Å²) in [5.74, 6) is -0.427. The summed E-state index contributed by atoms with van der Waals surface area (Å²) in [6, 6.07) is 4.61. The van der Waals surface area contributed by atoms with E-state index in [2.05, 4.69) is 25.3 Å². The Morgan fingerprint density at radius 3 is 2.76 bits per heavy atom. The topological polar surface area (TPSA) is 79.2 Å². The van der Waals surface area contributed by atoms with Gasteiger partial charge in [0, 0.05) is 30.8 Å². The molecule has 8 nitrogen and oxygen atoms in total. The van der Waals surface area contributed by atoms with Crippen molar-refractivity contribution in [1.29, 1.82) is 0 Å². The van der Waals surface area contributed by atoms with Crippen LogP contribution in [0.1, 0.15) is 19.5 Å². The van der Waals surface area contributed by atoms with Crippen molar-refractivity contribution in [3.63, 3.8) is 0 Å². The Labute approximate surface area is 194 Å². The van der Waals surface area contributed by atoms with Crippen molar-refractivity contribution < 1.29 is 13.6 Å². The van der Waals surface area contributed by atoms with Crippen LogP contribution in [0.25, 0.3) is 11.3 Å². The molecule has 1 aromatic carbocycles. The SMILES string of the molecule is CC(C)N1C(=O)CSc2c(F)cc(-c3nc(Nc4cc5n(n4)CCN(C)C5)ncc3F)cc21. The molecule has 0 aliphatic carbocycles. The normalized spacial score (nSPS) is 16.2. The number of amides is 1. The van der Waals surface area contributed by atoms with Gasteiger partial charge in [-0.15, -0.1) is 11.8 Å². The van der Waals surface area contributed by atoms with Gasteiger partial charge in [-0.1, -0.05) is 0 Å². The lowest BCUT2D eigenvalue weighted by Gasteiger charge is -2.32. The predicted molar refractivity (Wildman–Crippen MR) is 123 cm³/mol. The Hall–Kier alpha value is -3.05. The summed E-state index contributed by atoms with van der Waals surface area (Å²) < 4.78 is 31.6. The molecule has 0 saturated carbocycles. The third-order valence-corrected chi connectivity index (χ3v) is 6.74. The molecule has 2 aliphatic heterocycles. The van der Waals surface area contributed by atoms with E-state index in [-0.39, 0.29) is 34.9 Å². The van der Waals surface area contributed by atoms with E-state index in [0.717, 1.165) is 43.3 Å². The van der Waals surface area contributed by atoms with Gasteiger partial charge in [-0.05, 0) is 33.0 Å². The first kappa shape index (κ1) is 21.8. The predicted octanol–water partition coefficient (Wildman–Crippen LogP) is 3.65. The lowest BCUT2D eigenvalue weighted by Crippen LogP contribution is -2.40. The number of nitrogens with one attached hydrogen (secondary N) is 1. The number of anilines is 3. The summed E-state index contributed by atoms with van der Waals surface area (Å²) >= 11 is 1.15. The van der Waals surface area contributed by atoms with Crippen molar-refractivity contribution in [2.75, 3.05) is 29.6 Å². The second kappa shape index (κ2) is 8.38. The number of halogens is 2. The van der Waals surface area contributed by atoms with Crippen molar-refractivity contribution in [1.82, 2.24) is 24.6 Å². The van der Waals surface area contributed by atoms with Crippen LogP contribution < -0.4 is 10.2 Å². The van der Waals surface area contributed by atoms with E-state index in [1.54, 1.807) is 11.0 Å². The summed E-state index contributed by atoms with van der Waals surface area (Å²) in [7, 11) is 2.04. The number of carbonyl (C=O) groups is 1. The Morgan fingerprint density at radius 2 is 1.97 bits per heavy atom. The molecule has 0 bridgehead atoms. The van der Waals surface area contributed by atoms with E-state index >= 15 is 0 Å². The van der Waals surface area contributed by atoms with Crippen molar-refractivity contribution in [2.24, 2.45) is 0 Å². The quantitative estimate of drug-likeness (QED) is 0.622.